The number of carbonyl (C=O) groups is 1. The number of nitrogens with two attached hydrogens (primary N) is 1. The van der Waals surface area contributed by atoms with Crippen molar-refractivity contribution < 1.29 is 9.53 Å². The second kappa shape index (κ2) is 7.30. The summed E-state index contributed by atoms with van der Waals surface area (Å²) in [5.74, 6) is 0.573. The predicted octanol–water partition coefficient (Wildman–Crippen LogP) is 1.12. The van der Waals surface area contributed by atoms with Crippen LogP contribution < -0.4 is 5.73 Å². The largest absolute Gasteiger partial charge is 0.378 e. The number of nitrogens with zero attached hydrogens (tertiary/aromatic N) is 3. The lowest BCUT2D eigenvalue weighted by Crippen LogP contribution is -2.41. The molecule has 1 aromatic carbocycles. The first-order valence-corrected chi connectivity index (χ1v) is 7.78. The zero-order valence-electron chi connectivity index (χ0n) is 12.9. The Balaban J connectivity index is 1.92. The zero-order chi connectivity index (χ0) is 16.1. The molecule has 1 fully saturated rings. The van der Waals surface area contributed by atoms with Gasteiger partial charge in [-0.2, -0.15) is 0 Å². The first kappa shape index (κ1) is 15.6. The molecule has 0 spiro atoms. The average molecular weight is 312 g/mol. The Hall–Kier alpha value is -2.31. The molecule has 0 saturated carbocycles. The summed E-state index contributed by atoms with van der Waals surface area (Å²) in [7, 11) is 0. The third kappa shape index (κ3) is 3.55. The van der Waals surface area contributed by atoms with Crippen LogP contribution in [0.25, 0.3) is 11.4 Å². The standard InChI is InChI=1S/C17H20N4O2/c18-7-6-15-14(17(22)21-8-10-23-11-9-21)12-19-16(20-15)13-4-2-1-3-5-13/h1-5,12H,6-11,18H2. The van der Waals surface area contributed by atoms with Crippen molar-refractivity contribution in [1.29, 1.82) is 0 Å². The average Bonchev–Trinajstić information content (AvgIpc) is 2.63. The summed E-state index contributed by atoms with van der Waals surface area (Å²) in [5, 5.41) is 0. The van der Waals surface area contributed by atoms with Crippen molar-refractivity contribution in [3.05, 3.63) is 47.8 Å². The van der Waals surface area contributed by atoms with Crippen LogP contribution in [0.15, 0.2) is 36.5 Å². The minimum absolute atomic E-state index is 0.0450. The Morgan fingerprint density at radius 1 is 1.22 bits per heavy atom. The van der Waals surface area contributed by atoms with Crippen LogP contribution >= 0.6 is 0 Å². The van der Waals surface area contributed by atoms with E-state index in [0.29, 0.717) is 56.4 Å². The fourth-order valence-electron chi connectivity index (χ4n) is 2.59. The molecule has 1 saturated heterocycles. The highest BCUT2D eigenvalue weighted by atomic mass is 16.5. The third-order valence-electron chi connectivity index (χ3n) is 3.81. The summed E-state index contributed by atoms with van der Waals surface area (Å²) >= 11 is 0. The fraction of sp³-hybridized carbons (Fsp3) is 0.353. The van der Waals surface area contributed by atoms with Crippen molar-refractivity contribution in [2.45, 2.75) is 6.42 Å². The van der Waals surface area contributed by atoms with Gasteiger partial charge in [0.25, 0.3) is 5.91 Å². The minimum Gasteiger partial charge on any atom is -0.378 e. The van der Waals surface area contributed by atoms with Gasteiger partial charge in [-0.15, -0.1) is 0 Å². The van der Waals surface area contributed by atoms with Gasteiger partial charge in [-0.3, -0.25) is 4.79 Å². The van der Waals surface area contributed by atoms with Crippen LogP contribution in [-0.2, 0) is 11.2 Å². The molecule has 0 unspecified atom stereocenters. The van der Waals surface area contributed by atoms with E-state index in [2.05, 4.69) is 9.97 Å². The molecular weight excluding hydrogens is 292 g/mol. The van der Waals surface area contributed by atoms with Gasteiger partial charge in [0.05, 0.1) is 24.5 Å². The number of benzene rings is 1. The Kier molecular flexibility index (Phi) is 4.95. The van der Waals surface area contributed by atoms with Crippen molar-refractivity contribution in [2.75, 3.05) is 32.8 Å². The number of amides is 1. The van der Waals surface area contributed by atoms with Gasteiger partial charge >= 0.3 is 0 Å². The van der Waals surface area contributed by atoms with Gasteiger partial charge in [0.15, 0.2) is 5.82 Å². The normalized spacial score (nSPS) is 14.7. The first-order valence-electron chi connectivity index (χ1n) is 7.78. The number of ether oxygens (including phenoxy) is 1. The van der Waals surface area contributed by atoms with Crippen LogP contribution in [0, 0.1) is 0 Å². The van der Waals surface area contributed by atoms with E-state index >= 15 is 0 Å². The smallest absolute Gasteiger partial charge is 0.257 e. The molecule has 2 heterocycles. The topological polar surface area (TPSA) is 81.3 Å². The number of rotatable bonds is 4. The number of aromatic nitrogens is 2. The highest BCUT2D eigenvalue weighted by Crippen LogP contribution is 2.18. The lowest BCUT2D eigenvalue weighted by Gasteiger charge is -2.27. The molecule has 0 aliphatic carbocycles. The molecule has 6 heteroatoms. The molecule has 6 nitrogen and oxygen atoms in total. The predicted molar refractivity (Wildman–Crippen MR) is 86.9 cm³/mol. The molecule has 120 valence electrons. The van der Waals surface area contributed by atoms with E-state index in [1.807, 2.05) is 30.3 Å². The number of hydrogen-bond donors (Lipinski definition) is 1. The highest BCUT2D eigenvalue weighted by molar-refractivity contribution is 5.95. The van der Waals surface area contributed by atoms with Gasteiger partial charge in [-0.25, -0.2) is 9.97 Å². The number of morpholine rings is 1. The minimum atomic E-state index is -0.0450. The van der Waals surface area contributed by atoms with E-state index in [0.717, 1.165) is 5.56 Å². The number of hydrogen-bond acceptors (Lipinski definition) is 5. The molecule has 2 N–H and O–H groups in total. The van der Waals surface area contributed by atoms with Gasteiger partial charge in [0, 0.05) is 31.3 Å². The van der Waals surface area contributed by atoms with Crippen molar-refractivity contribution in [2.24, 2.45) is 5.73 Å². The Morgan fingerprint density at radius 2 is 1.96 bits per heavy atom. The maximum Gasteiger partial charge on any atom is 0.257 e. The molecule has 0 atom stereocenters. The second-order valence-corrected chi connectivity index (χ2v) is 5.36. The van der Waals surface area contributed by atoms with Crippen LogP contribution in [0.2, 0.25) is 0 Å². The van der Waals surface area contributed by atoms with Crippen molar-refractivity contribution in [1.82, 2.24) is 14.9 Å². The maximum absolute atomic E-state index is 12.7. The highest BCUT2D eigenvalue weighted by Gasteiger charge is 2.22. The molecular formula is C17H20N4O2. The van der Waals surface area contributed by atoms with Crippen LogP contribution in [0.3, 0.4) is 0 Å². The molecule has 2 aromatic rings. The van der Waals surface area contributed by atoms with E-state index < -0.39 is 0 Å². The van der Waals surface area contributed by atoms with Crippen LogP contribution in [-0.4, -0.2) is 53.6 Å². The molecule has 0 bridgehead atoms. The lowest BCUT2D eigenvalue weighted by molar-refractivity contribution is 0.0301. The summed E-state index contributed by atoms with van der Waals surface area (Å²) in [6.07, 6.45) is 2.17. The number of carbonyl (C=O) groups excluding carboxylic acids is 1. The van der Waals surface area contributed by atoms with Gasteiger partial charge in [0.2, 0.25) is 0 Å². The van der Waals surface area contributed by atoms with Crippen LogP contribution in [0.5, 0.6) is 0 Å². The summed E-state index contributed by atoms with van der Waals surface area (Å²) in [4.78, 5) is 23.4. The maximum atomic E-state index is 12.7. The SMILES string of the molecule is NCCc1nc(-c2ccccc2)ncc1C(=O)N1CCOCC1. The van der Waals surface area contributed by atoms with Gasteiger partial charge in [0.1, 0.15) is 0 Å². The van der Waals surface area contributed by atoms with E-state index in [1.165, 1.54) is 0 Å². The molecule has 23 heavy (non-hydrogen) atoms. The Labute approximate surface area is 135 Å². The second-order valence-electron chi connectivity index (χ2n) is 5.36. The molecule has 1 amide bonds. The van der Waals surface area contributed by atoms with Gasteiger partial charge in [-0.1, -0.05) is 30.3 Å². The van der Waals surface area contributed by atoms with E-state index in [1.54, 1.807) is 11.1 Å². The summed E-state index contributed by atoms with van der Waals surface area (Å²) < 4.78 is 5.30. The summed E-state index contributed by atoms with van der Waals surface area (Å²) in [6.45, 7) is 2.78. The Bertz CT molecular complexity index is 670. The van der Waals surface area contributed by atoms with E-state index in [-0.39, 0.29) is 5.91 Å². The Morgan fingerprint density at radius 3 is 2.65 bits per heavy atom. The van der Waals surface area contributed by atoms with Crippen LogP contribution in [0.1, 0.15) is 16.1 Å². The van der Waals surface area contributed by atoms with Crippen molar-refractivity contribution in [3.8, 4) is 11.4 Å². The molecule has 1 aliphatic rings. The quantitative estimate of drug-likeness (QED) is 0.915. The molecule has 1 aromatic heterocycles. The third-order valence-corrected chi connectivity index (χ3v) is 3.81. The van der Waals surface area contributed by atoms with Crippen molar-refractivity contribution >= 4 is 5.91 Å². The van der Waals surface area contributed by atoms with Crippen molar-refractivity contribution in [3.63, 3.8) is 0 Å². The van der Waals surface area contributed by atoms with Gasteiger partial charge in [-0.05, 0) is 6.54 Å². The molecule has 0 radical (unpaired) electrons. The fourth-order valence-corrected chi connectivity index (χ4v) is 2.59. The van der Waals surface area contributed by atoms with E-state index in [9.17, 15) is 4.79 Å². The lowest BCUT2D eigenvalue weighted by atomic mass is 10.1. The molecule has 1 aliphatic heterocycles. The summed E-state index contributed by atoms with van der Waals surface area (Å²) in [5.41, 5.74) is 7.86. The first-order chi connectivity index (χ1) is 11.3. The van der Waals surface area contributed by atoms with Gasteiger partial charge < -0.3 is 15.4 Å². The zero-order valence-corrected chi connectivity index (χ0v) is 12.9. The van der Waals surface area contributed by atoms with E-state index in [4.69, 9.17) is 10.5 Å². The summed E-state index contributed by atoms with van der Waals surface area (Å²) in [6, 6.07) is 9.72. The monoisotopic (exact) mass is 312 g/mol. The molecule has 3 rings (SSSR count). The van der Waals surface area contributed by atoms with Crippen LogP contribution in [0.4, 0.5) is 0 Å².